The number of hydrogen-bond acceptors (Lipinski definition) is 3. The molecular formula is C14H21NO2. The molecule has 1 aliphatic heterocycles. The van der Waals surface area contributed by atoms with Crippen molar-refractivity contribution in [3.8, 4) is 5.75 Å². The van der Waals surface area contributed by atoms with Crippen LogP contribution in [0.15, 0.2) is 18.2 Å². The van der Waals surface area contributed by atoms with Gasteiger partial charge >= 0.3 is 0 Å². The third-order valence-corrected chi connectivity index (χ3v) is 3.32. The highest BCUT2D eigenvalue weighted by molar-refractivity contribution is 5.38. The average molecular weight is 235 g/mol. The van der Waals surface area contributed by atoms with Crippen molar-refractivity contribution in [1.82, 2.24) is 4.90 Å². The Morgan fingerprint density at radius 3 is 3.00 bits per heavy atom. The minimum Gasteiger partial charge on any atom is -0.491 e. The Morgan fingerprint density at radius 2 is 2.24 bits per heavy atom. The van der Waals surface area contributed by atoms with Crippen LogP contribution in [0.3, 0.4) is 0 Å². The maximum absolute atomic E-state index is 5.85. The molecule has 1 unspecified atom stereocenters. The van der Waals surface area contributed by atoms with E-state index >= 15 is 0 Å². The van der Waals surface area contributed by atoms with E-state index in [1.54, 1.807) is 0 Å². The van der Waals surface area contributed by atoms with Crippen molar-refractivity contribution in [2.45, 2.75) is 20.0 Å². The van der Waals surface area contributed by atoms with Crippen LogP contribution in [0.4, 0.5) is 0 Å². The van der Waals surface area contributed by atoms with E-state index in [0.717, 1.165) is 25.4 Å². The first-order chi connectivity index (χ1) is 8.16. The normalized spacial score (nSPS) is 21.5. The van der Waals surface area contributed by atoms with E-state index < -0.39 is 0 Å². The first-order valence-electron chi connectivity index (χ1n) is 6.16. The molecule has 0 saturated carbocycles. The first-order valence-corrected chi connectivity index (χ1v) is 6.16. The third kappa shape index (κ3) is 3.20. The summed E-state index contributed by atoms with van der Waals surface area (Å²) in [5.41, 5.74) is 2.49. The maximum Gasteiger partial charge on any atom is 0.122 e. The predicted molar refractivity (Wildman–Crippen MR) is 68.6 cm³/mol. The number of morpholine rings is 1. The summed E-state index contributed by atoms with van der Waals surface area (Å²) in [6.45, 7) is 7.60. The van der Waals surface area contributed by atoms with Gasteiger partial charge in [0.05, 0.1) is 6.61 Å². The Kier molecular flexibility index (Phi) is 4.02. The second-order valence-electron chi connectivity index (χ2n) is 4.76. The summed E-state index contributed by atoms with van der Waals surface area (Å²) in [5.74, 6) is 0.974. The molecule has 1 aromatic rings. The highest BCUT2D eigenvalue weighted by atomic mass is 16.5. The van der Waals surface area contributed by atoms with Crippen molar-refractivity contribution in [2.75, 3.05) is 33.4 Å². The van der Waals surface area contributed by atoms with Gasteiger partial charge in [0.25, 0.3) is 0 Å². The molecule has 2 rings (SSSR count). The Bertz CT molecular complexity index is 378. The van der Waals surface area contributed by atoms with Gasteiger partial charge in [-0.15, -0.1) is 0 Å². The van der Waals surface area contributed by atoms with Crippen LogP contribution in [-0.2, 0) is 4.74 Å². The average Bonchev–Trinajstić information content (AvgIpc) is 2.31. The lowest BCUT2D eigenvalue weighted by molar-refractivity contribution is -0.0404. The van der Waals surface area contributed by atoms with Gasteiger partial charge in [0, 0.05) is 13.1 Å². The number of likely N-dealkylation sites (N-methyl/N-ethyl adjacent to an activating group) is 1. The van der Waals surface area contributed by atoms with Crippen LogP contribution >= 0.6 is 0 Å². The molecule has 1 atom stereocenters. The molecule has 1 aromatic carbocycles. The maximum atomic E-state index is 5.85. The highest BCUT2D eigenvalue weighted by Crippen LogP contribution is 2.21. The molecule has 3 nitrogen and oxygen atoms in total. The monoisotopic (exact) mass is 235 g/mol. The third-order valence-electron chi connectivity index (χ3n) is 3.32. The zero-order valence-electron chi connectivity index (χ0n) is 10.9. The summed E-state index contributed by atoms with van der Waals surface area (Å²) in [6.07, 6.45) is 0.189. The number of aryl methyl sites for hydroxylation is 1. The lowest BCUT2D eigenvalue weighted by Crippen LogP contribution is -2.42. The lowest BCUT2D eigenvalue weighted by atomic mass is 10.1. The first kappa shape index (κ1) is 12.4. The molecule has 0 radical (unpaired) electrons. The quantitative estimate of drug-likeness (QED) is 0.800. The minimum atomic E-state index is 0.189. The van der Waals surface area contributed by atoms with Gasteiger partial charge in [-0.3, -0.25) is 0 Å². The molecule has 0 amide bonds. The second kappa shape index (κ2) is 5.52. The lowest BCUT2D eigenvalue weighted by Gasteiger charge is -2.30. The summed E-state index contributed by atoms with van der Waals surface area (Å²) >= 11 is 0. The van der Waals surface area contributed by atoms with Crippen molar-refractivity contribution in [1.29, 1.82) is 0 Å². The van der Waals surface area contributed by atoms with E-state index in [2.05, 4.69) is 31.9 Å². The van der Waals surface area contributed by atoms with Crippen LogP contribution in [0.5, 0.6) is 5.75 Å². The molecule has 1 heterocycles. The molecule has 3 heteroatoms. The van der Waals surface area contributed by atoms with Gasteiger partial charge in [-0.05, 0) is 38.1 Å². The highest BCUT2D eigenvalue weighted by Gasteiger charge is 2.18. The molecule has 17 heavy (non-hydrogen) atoms. The number of nitrogens with zero attached hydrogens (tertiary/aromatic N) is 1. The van der Waals surface area contributed by atoms with Crippen LogP contribution in [0.1, 0.15) is 11.1 Å². The summed E-state index contributed by atoms with van der Waals surface area (Å²) in [4.78, 5) is 2.28. The molecule has 94 valence electrons. The van der Waals surface area contributed by atoms with Crippen molar-refractivity contribution in [2.24, 2.45) is 0 Å². The van der Waals surface area contributed by atoms with Gasteiger partial charge in [0.2, 0.25) is 0 Å². The topological polar surface area (TPSA) is 21.7 Å². The van der Waals surface area contributed by atoms with E-state index in [-0.39, 0.29) is 6.10 Å². The summed E-state index contributed by atoms with van der Waals surface area (Å²) in [5, 5.41) is 0. The second-order valence-corrected chi connectivity index (χ2v) is 4.76. The number of rotatable bonds is 3. The Labute approximate surface area is 103 Å². The smallest absolute Gasteiger partial charge is 0.122 e. The van der Waals surface area contributed by atoms with Crippen LogP contribution < -0.4 is 4.74 Å². The Balaban J connectivity index is 1.91. The van der Waals surface area contributed by atoms with E-state index in [9.17, 15) is 0 Å². The molecule has 0 aliphatic carbocycles. The molecule has 0 bridgehead atoms. The van der Waals surface area contributed by atoms with Crippen LogP contribution in [0, 0.1) is 13.8 Å². The van der Waals surface area contributed by atoms with E-state index in [1.165, 1.54) is 11.1 Å². The van der Waals surface area contributed by atoms with Gasteiger partial charge in [-0.25, -0.2) is 0 Å². The summed E-state index contributed by atoms with van der Waals surface area (Å²) in [7, 11) is 2.12. The van der Waals surface area contributed by atoms with Crippen LogP contribution in [-0.4, -0.2) is 44.4 Å². The fourth-order valence-electron chi connectivity index (χ4n) is 2.03. The van der Waals surface area contributed by atoms with Gasteiger partial charge < -0.3 is 14.4 Å². The van der Waals surface area contributed by atoms with Crippen LogP contribution in [0.25, 0.3) is 0 Å². The summed E-state index contributed by atoms with van der Waals surface area (Å²) < 4.78 is 11.5. The molecule has 1 saturated heterocycles. The zero-order valence-corrected chi connectivity index (χ0v) is 10.9. The molecule has 0 N–H and O–H groups in total. The number of ether oxygens (including phenoxy) is 2. The fourth-order valence-corrected chi connectivity index (χ4v) is 2.03. The van der Waals surface area contributed by atoms with Gasteiger partial charge in [0.1, 0.15) is 18.5 Å². The van der Waals surface area contributed by atoms with E-state index in [1.807, 2.05) is 12.1 Å². The standard InChI is InChI=1S/C14H21NO2/c1-11-5-4-6-14(12(11)2)17-10-13-9-15(3)7-8-16-13/h4-6,13H,7-10H2,1-3H3. The molecule has 1 aliphatic rings. The van der Waals surface area contributed by atoms with Crippen molar-refractivity contribution < 1.29 is 9.47 Å². The fraction of sp³-hybridized carbons (Fsp3) is 0.571. The summed E-state index contributed by atoms with van der Waals surface area (Å²) in [6, 6.07) is 6.16. The Hall–Kier alpha value is -1.06. The van der Waals surface area contributed by atoms with Gasteiger partial charge in [0.15, 0.2) is 0 Å². The molecule has 0 aromatic heterocycles. The largest absolute Gasteiger partial charge is 0.491 e. The van der Waals surface area contributed by atoms with Gasteiger partial charge in [-0.2, -0.15) is 0 Å². The van der Waals surface area contributed by atoms with Crippen LogP contribution in [0.2, 0.25) is 0 Å². The van der Waals surface area contributed by atoms with Crippen molar-refractivity contribution >= 4 is 0 Å². The SMILES string of the molecule is Cc1cccc(OCC2CN(C)CCO2)c1C. The zero-order chi connectivity index (χ0) is 12.3. The molecule has 0 spiro atoms. The van der Waals surface area contributed by atoms with Crippen molar-refractivity contribution in [3.05, 3.63) is 29.3 Å². The number of benzene rings is 1. The van der Waals surface area contributed by atoms with Crippen molar-refractivity contribution in [3.63, 3.8) is 0 Å². The predicted octanol–water partition coefficient (Wildman–Crippen LogP) is 2.01. The van der Waals surface area contributed by atoms with E-state index in [0.29, 0.717) is 6.61 Å². The minimum absolute atomic E-state index is 0.189. The van der Waals surface area contributed by atoms with Gasteiger partial charge in [-0.1, -0.05) is 12.1 Å². The number of hydrogen-bond donors (Lipinski definition) is 0. The molecular weight excluding hydrogens is 214 g/mol. The molecule has 1 fully saturated rings. The Morgan fingerprint density at radius 1 is 1.41 bits per heavy atom. The van der Waals surface area contributed by atoms with E-state index in [4.69, 9.17) is 9.47 Å².